The zero-order valence-electron chi connectivity index (χ0n) is 22.1. The third kappa shape index (κ3) is 4.63. The van der Waals surface area contributed by atoms with E-state index in [0.717, 1.165) is 46.4 Å². The lowest BCUT2D eigenvalue weighted by molar-refractivity contribution is -0.438. The molecule has 3 aliphatic rings. The van der Waals surface area contributed by atoms with Crippen LogP contribution in [-0.4, -0.2) is 46.3 Å². The number of anilines is 1. The highest BCUT2D eigenvalue weighted by Gasteiger charge is 2.46. The van der Waals surface area contributed by atoms with Gasteiger partial charge in [-0.05, 0) is 57.4 Å². The summed E-state index contributed by atoms with van der Waals surface area (Å²) in [7, 11) is 0. The number of ketones is 1. The normalized spacial score (nSPS) is 23.7. The lowest BCUT2D eigenvalue weighted by Crippen LogP contribution is -2.53. The average Bonchev–Trinajstić information content (AvgIpc) is 3.36. The van der Waals surface area contributed by atoms with Crippen molar-refractivity contribution in [1.29, 1.82) is 0 Å². The number of hydrogen-bond donors (Lipinski definition) is 1. The number of fused-ring (bicyclic) bond motifs is 2. The molecule has 2 atom stereocenters. The van der Waals surface area contributed by atoms with Gasteiger partial charge in [0.1, 0.15) is 6.54 Å². The molecule has 2 aliphatic heterocycles. The molecule has 0 radical (unpaired) electrons. The van der Waals surface area contributed by atoms with Crippen molar-refractivity contribution in [2.24, 2.45) is 5.92 Å². The molecule has 5 rings (SSSR count). The van der Waals surface area contributed by atoms with Crippen molar-refractivity contribution >= 4 is 40.6 Å². The third-order valence-corrected chi connectivity index (χ3v) is 8.99. The van der Waals surface area contributed by atoms with Gasteiger partial charge in [0.2, 0.25) is 5.69 Å². The number of aliphatic carboxylic acids is 1. The predicted octanol–water partition coefficient (Wildman–Crippen LogP) is 5.04. The second-order valence-electron chi connectivity index (χ2n) is 10.6. The molecule has 1 aliphatic carbocycles. The first-order valence-electron chi connectivity index (χ1n) is 13.4. The third-order valence-electron chi connectivity index (χ3n) is 7.86. The van der Waals surface area contributed by atoms with Gasteiger partial charge in [-0.15, -0.1) is 0 Å². The second kappa shape index (κ2) is 10.5. The topological polar surface area (TPSA) is 83.7 Å². The van der Waals surface area contributed by atoms with Crippen molar-refractivity contribution in [1.82, 2.24) is 0 Å². The van der Waals surface area contributed by atoms with Gasteiger partial charge >= 0.3 is 5.97 Å². The molecule has 0 bridgehead atoms. The second-order valence-corrected chi connectivity index (χ2v) is 11.7. The van der Waals surface area contributed by atoms with Gasteiger partial charge in [-0.25, -0.2) is 0 Å². The summed E-state index contributed by atoms with van der Waals surface area (Å²) in [4.78, 5) is 27.5. The van der Waals surface area contributed by atoms with Crippen LogP contribution in [0, 0.1) is 5.92 Å². The molecule has 7 heteroatoms. The molecule has 2 unspecified atom stereocenters. The van der Waals surface area contributed by atoms with Gasteiger partial charge in [-0.3, -0.25) is 9.59 Å². The molecule has 1 saturated carbocycles. The van der Waals surface area contributed by atoms with Crippen LogP contribution in [-0.2, 0) is 15.0 Å². The van der Waals surface area contributed by atoms with Crippen molar-refractivity contribution in [3.05, 3.63) is 76.8 Å². The van der Waals surface area contributed by atoms with E-state index in [9.17, 15) is 14.7 Å². The Kier molecular flexibility index (Phi) is 7.34. The Labute approximate surface area is 228 Å². The molecule has 38 heavy (non-hydrogen) atoms. The average molecular weight is 531 g/mol. The maximum absolute atomic E-state index is 13.4. The molecule has 2 aromatic rings. The molecule has 0 aromatic heterocycles. The van der Waals surface area contributed by atoms with Gasteiger partial charge in [0.05, 0.1) is 16.1 Å². The summed E-state index contributed by atoms with van der Waals surface area (Å²) in [6, 6.07) is 16.4. The van der Waals surface area contributed by atoms with E-state index in [0.29, 0.717) is 18.5 Å². The Bertz CT molecular complexity index is 1370. The van der Waals surface area contributed by atoms with Crippen molar-refractivity contribution in [2.75, 3.05) is 18.0 Å². The zero-order valence-corrected chi connectivity index (χ0v) is 23.0. The number of thioether (sulfide) groups is 1. The summed E-state index contributed by atoms with van der Waals surface area (Å²) < 4.78 is 2.22. The molecule has 1 N–H and O–H groups in total. The molecule has 2 heterocycles. The Morgan fingerprint density at radius 1 is 1.13 bits per heavy atom. The summed E-state index contributed by atoms with van der Waals surface area (Å²) in [6.45, 7) is 7.83. The van der Waals surface area contributed by atoms with E-state index in [4.69, 9.17) is 5.11 Å². The number of nitrogens with zero attached hydrogens (tertiary/aromatic N) is 2. The minimum Gasteiger partial charge on any atom is -0.848 e. The summed E-state index contributed by atoms with van der Waals surface area (Å²) in [5.74, 6) is -1.53. The summed E-state index contributed by atoms with van der Waals surface area (Å²) in [5, 5.41) is 23.3. The van der Waals surface area contributed by atoms with Crippen LogP contribution in [0.3, 0.4) is 0 Å². The highest BCUT2D eigenvalue weighted by Crippen LogP contribution is 2.47. The number of allylic oxidation sites excluding steroid dienone is 1. The predicted molar refractivity (Wildman–Crippen MR) is 149 cm³/mol. The Balaban J connectivity index is 1.40. The van der Waals surface area contributed by atoms with E-state index < -0.39 is 18.0 Å². The summed E-state index contributed by atoms with van der Waals surface area (Å²) >= 11 is 1.62. The minimum absolute atomic E-state index is 0.0919. The van der Waals surface area contributed by atoms with E-state index in [1.165, 1.54) is 5.56 Å². The molecule has 2 aromatic carbocycles. The number of rotatable bonds is 9. The van der Waals surface area contributed by atoms with E-state index in [1.54, 1.807) is 11.8 Å². The Morgan fingerprint density at radius 3 is 2.61 bits per heavy atom. The number of carboxylic acid groups (broad SMARTS) is 1. The fourth-order valence-corrected chi connectivity index (χ4v) is 6.96. The molecule has 0 spiro atoms. The molecular formula is C31H34N2O4S. The van der Waals surface area contributed by atoms with Gasteiger partial charge in [0.15, 0.2) is 11.5 Å². The number of hydrogen-bond acceptors (Lipinski definition) is 5. The van der Waals surface area contributed by atoms with Gasteiger partial charge in [0, 0.05) is 47.9 Å². The zero-order chi connectivity index (χ0) is 27.0. The van der Waals surface area contributed by atoms with Crippen molar-refractivity contribution < 1.29 is 24.4 Å². The molecule has 0 amide bonds. The van der Waals surface area contributed by atoms with Gasteiger partial charge in [0.25, 0.3) is 0 Å². The van der Waals surface area contributed by atoms with Crippen LogP contribution in [0.15, 0.2) is 76.2 Å². The first kappa shape index (κ1) is 26.4. The molecule has 1 fully saturated rings. The quantitative estimate of drug-likeness (QED) is 0.278. The molecule has 0 saturated heterocycles. The first-order chi connectivity index (χ1) is 18.2. The lowest BCUT2D eigenvalue weighted by atomic mass is 9.72. The van der Waals surface area contributed by atoms with Crippen LogP contribution in [0.4, 0.5) is 11.4 Å². The number of unbranched alkanes of at least 4 members (excludes halogenated alkanes) is 2. The van der Waals surface area contributed by atoms with E-state index >= 15 is 0 Å². The minimum atomic E-state index is -1.09. The maximum atomic E-state index is 13.4. The van der Waals surface area contributed by atoms with Gasteiger partial charge < -0.3 is 15.1 Å². The number of carbonyl (C=O) groups is 2. The monoisotopic (exact) mass is 530 g/mol. The Hall–Kier alpha value is -3.16. The largest absolute Gasteiger partial charge is 0.848 e. The first-order valence-corrected chi connectivity index (χ1v) is 14.2. The smallest absolute Gasteiger partial charge is 0.303 e. The molecule has 198 valence electrons. The highest BCUT2D eigenvalue weighted by molar-refractivity contribution is 8.03. The number of para-hydroxylation sites is 2. The summed E-state index contributed by atoms with van der Waals surface area (Å²) in [5.41, 5.74) is 4.34. The number of benzene rings is 2. The Morgan fingerprint density at radius 2 is 1.87 bits per heavy atom. The van der Waals surface area contributed by atoms with Crippen LogP contribution >= 0.6 is 11.8 Å². The van der Waals surface area contributed by atoms with Crippen LogP contribution in [0.1, 0.15) is 52.0 Å². The number of Topliss-reactive ketones (excluding diaryl/α,β-unsaturated/α-hetero) is 1. The van der Waals surface area contributed by atoms with Crippen LogP contribution in [0.5, 0.6) is 0 Å². The fraction of sp³-hybridized carbons (Fsp3) is 0.387. The van der Waals surface area contributed by atoms with Crippen LogP contribution in [0.25, 0.3) is 0 Å². The van der Waals surface area contributed by atoms with Gasteiger partial charge in [-0.2, -0.15) is 4.58 Å². The van der Waals surface area contributed by atoms with Gasteiger partial charge in [-0.1, -0.05) is 48.2 Å². The standard InChI is InChI=1S/C31H34N2O4S/c1-4-32-24-14-9-10-15-25(24)38-27(32)19-21-29(36)20(30(21)37)18-26-31(2,3)22-12-7-8-13-23(22)33(26)17-11-5-6-16-28(34)35/h7-10,12-15,18-19,21,29H,4-6,11,16-17H2,1-3H3,(H,34,35). The van der Waals surface area contributed by atoms with E-state index in [2.05, 4.69) is 54.5 Å². The highest BCUT2D eigenvalue weighted by atomic mass is 32.2. The molecular weight excluding hydrogens is 496 g/mol. The number of carbonyl (C=O) groups excluding carboxylic acids is 1. The fourth-order valence-electron chi connectivity index (χ4n) is 5.75. The van der Waals surface area contributed by atoms with Crippen LogP contribution in [0.2, 0.25) is 0 Å². The lowest BCUT2D eigenvalue weighted by Gasteiger charge is -2.42. The van der Waals surface area contributed by atoms with Crippen molar-refractivity contribution in [3.63, 3.8) is 0 Å². The van der Waals surface area contributed by atoms with Crippen molar-refractivity contribution in [2.45, 2.75) is 62.9 Å². The maximum Gasteiger partial charge on any atom is 0.303 e. The van der Waals surface area contributed by atoms with Crippen molar-refractivity contribution in [3.8, 4) is 0 Å². The van der Waals surface area contributed by atoms with Crippen LogP contribution < -0.4 is 10.0 Å². The molecule has 6 nitrogen and oxygen atoms in total. The van der Waals surface area contributed by atoms with E-state index in [1.807, 2.05) is 36.4 Å². The SMILES string of the molecule is CCN1C(=CC2C(=O)C(=CC3=[N+](CCCCCC(=O)O)c4ccccc4C3(C)C)C2[O-])Sc2ccccc21. The summed E-state index contributed by atoms with van der Waals surface area (Å²) in [6.07, 6.45) is 5.07. The number of carboxylic acids is 1. The van der Waals surface area contributed by atoms with E-state index in [-0.39, 0.29) is 17.6 Å².